The van der Waals surface area contributed by atoms with E-state index in [1.165, 1.54) is 18.2 Å². The number of benzene rings is 1. The molecule has 3 aromatic rings. The lowest BCUT2D eigenvalue weighted by atomic mass is 10.2. The Morgan fingerprint density at radius 3 is 2.93 bits per heavy atom. The van der Waals surface area contributed by atoms with Gasteiger partial charge in [0.05, 0.1) is 12.7 Å². The highest BCUT2D eigenvalue weighted by Crippen LogP contribution is 2.20. The number of halogens is 2. The number of amides is 1. The van der Waals surface area contributed by atoms with Gasteiger partial charge in [0.2, 0.25) is 5.91 Å². The van der Waals surface area contributed by atoms with Crippen molar-refractivity contribution in [3.63, 3.8) is 0 Å². The van der Waals surface area contributed by atoms with Gasteiger partial charge in [-0.15, -0.1) is 0 Å². The molecule has 0 bridgehead atoms. The van der Waals surface area contributed by atoms with Crippen molar-refractivity contribution < 1.29 is 9.18 Å². The van der Waals surface area contributed by atoms with Crippen LogP contribution in [0.1, 0.15) is 23.7 Å². The summed E-state index contributed by atoms with van der Waals surface area (Å²) >= 11 is 6.14. The lowest BCUT2D eigenvalue weighted by molar-refractivity contribution is -0.111. The van der Waals surface area contributed by atoms with Crippen LogP contribution < -0.4 is 5.32 Å². The zero-order valence-corrected chi connectivity index (χ0v) is 15.7. The fraction of sp³-hybridized carbons (Fsp3) is 0.211. The highest BCUT2D eigenvalue weighted by molar-refractivity contribution is 6.33. The number of nitrogens with one attached hydrogen (secondary N) is 1. The van der Waals surface area contributed by atoms with E-state index >= 15 is 0 Å². The van der Waals surface area contributed by atoms with Crippen LogP contribution in [0.4, 0.5) is 10.2 Å². The van der Waals surface area contributed by atoms with E-state index in [0.717, 1.165) is 23.4 Å². The van der Waals surface area contributed by atoms with Gasteiger partial charge >= 0.3 is 0 Å². The van der Waals surface area contributed by atoms with Crippen LogP contribution in [0, 0.1) is 12.7 Å². The molecule has 0 aliphatic heterocycles. The van der Waals surface area contributed by atoms with E-state index in [1.54, 1.807) is 35.3 Å². The monoisotopic (exact) mass is 387 g/mol. The third-order valence-electron chi connectivity index (χ3n) is 4.05. The Balaban J connectivity index is 1.66. The number of carbonyl (C=O) groups excluding carboxylic acids is 1. The summed E-state index contributed by atoms with van der Waals surface area (Å²) in [5.41, 5.74) is 2.60. The molecule has 0 radical (unpaired) electrons. The third kappa shape index (κ3) is 4.62. The van der Waals surface area contributed by atoms with E-state index in [1.807, 2.05) is 18.5 Å². The van der Waals surface area contributed by atoms with E-state index in [2.05, 4.69) is 15.5 Å². The molecule has 2 aromatic heterocycles. The van der Waals surface area contributed by atoms with Gasteiger partial charge in [-0.1, -0.05) is 23.7 Å². The first kappa shape index (κ1) is 18.8. The van der Waals surface area contributed by atoms with Crippen LogP contribution in [0.5, 0.6) is 0 Å². The van der Waals surface area contributed by atoms with Gasteiger partial charge in [-0.2, -0.15) is 10.2 Å². The average Bonchev–Trinajstić information content (AvgIpc) is 3.15. The molecule has 0 aliphatic rings. The SMILES string of the molecule is CCn1ncc(/C=C/C(=O)Nc2nn(Cc3cccc(F)c3)cc2Cl)c1C. The number of rotatable bonds is 6. The number of anilines is 1. The van der Waals surface area contributed by atoms with Gasteiger partial charge in [-0.05, 0) is 37.6 Å². The summed E-state index contributed by atoms with van der Waals surface area (Å²) in [4.78, 5) is 12.2. The predicted octanol–water partition coefficient (Wildman–Crippen LogP) is 3.90. The van der Waals surface area contributed by atoms with Gasteiger partial charge in [0.1, 0.15) is 10.8 Å². The molecule has 3 rings (SSSR count). The minimum absolute atomic E-state index is 0.253. The maximum Gasteiger partial charge on any atom is 0.249 e. The van der Waals surface area contributed by atoms with Crippen LogP contribution in [0.2, 0.25) is 5.02 Å². The molecule has 0 unspecified atom stereocenters. The van der Waals surface area contributed by atoms with Crippen molar-refractivity contribution in [3.05, 3.63) is 70.4 Å². The summed E-state index contributed by atoms with van der Waals surface area (Å²) < 4.78 is 16.7. The Labute approximate surface area is 161 Å². The number of hydrogen-bond donors (Lipinski definition) is 1. The molecular formula is C19H19ClFN5O. The van der Waals surface area contributed by atoms with Gasteiger partial charge in [0.25, 0.3) is 0 Å². The van der Waals surface area contributed by atoms with Crippen LogP contribution in [0.15, 0.2) is 42.7 Å². The Kier molecular flexibility index (Phi) is 5.71. The molecule has 0 spiro atoms. The van der Waals surface area contributed by atoms with Gasteiger partial charge in [0.15, 0.2) is 5.82 Å². The van der Waals surface area contributed by atoms with Crippen molar-refractivity contribution in [2.24, 2.45) is 0 Å². The topological polar surface area (TPSA) is 64.7 Å². The second-order valence-electron chi connectivity index (χ2n) is 5.98. The van der Waals surface area contributed by atoms with Crippen molar-refractivity contribution in [2.45, 2.75) is 26.9 Å². The molecule has 6 nitrogen and oxygen atoms in total. The fourth-order valence-electron chi connectivity index (χ4n) is 2.65. The molecule has 0 saturated heterocycles. The molecule has 1 aromatic carbocycles. The lowest BCUT2D eigenvalue weighted by Gasteiger charge is -2.02. The van der Waals surface area contributed by atoms with E-state index in [4.69, 9.17) is 11.6 Å². The Hall–Kier alpha value is -2.93. The summed E-state index contributed by atoms with van der Waals surface area (Å²) in [5, 5.41) is 11.4. The average molecular weight is 388 g/mol. The number of carbonyl (C=O) groups is 1. The predicted molar refractivity (Wildman–Crippen MR) is 103 cm³/mol. The number of aryl methyl sites for hydroxylation is 1. The van der Waals surface area contributed by atoms with Crippen molar-refractivity contribution in [1.29, 1.82) is 0 Å². The molecular weight excluding hydrogens is 369 g/mol. The zero-order valence-electron chi connectivity index (χ0n) is 15.0. The third-order valence-corrected chi connectivity index (χ3v) is 4.32. The number of nitrogens with zero attached hydrogens (tertiary/aromatic N) is 4. The maximum atomic E-state index is 13.3. The summed E-state index contributed by atoms with van der Waals surface area (Å²) in [6.07, 6.45) is 6.40. The van der Waals surface area contributed by atoms with Crippen molar-refractivity contribution >= 4 is 29.4 Å². The number of aromatic nitrogens is 4. The van der Waals surface area contributed by atoms with Gasteiger partial charge in [-0.3, -0.25) is 14.2 Å². The lowest BCUT2D eigenvalue weighted by Crippen LogP contribution is -2.09. The molecule has 140 valence electrons. The molecule has 0 fully saturated rings. The van der Waals surface area contributed by atoms with E-state index in [-0.39, 0.29) is 17.5 Å². The van der Waals surface area contributed by atoms with E-state index in [0.29, 0.717) is 11.6 Å². The fourth-order valence-corrected chi connectivity index (χ4v) is 2.85. The standard InChI is InChI=1S/C19H19ClFN5O/c1-3-26-13(2)15(10-22-26)7-8-18(27)23-19-17(20)12-25(24-19)11-14-5-4-6-16(21)9-14/h4-10,12H,3,11H2,1-2H3,(H,23,24,27)/b8-7+. The largest absolute Gasteiger partial charge is 0.304 e. The second kappa shape index (κ2) is 8.18. The van der Waals surface area contributed by atoms with Crippen LogP contribution in [-0.2, 0) is 17.9 Å². The van der Waals surface area contributed by atoms with Crippen LogP contribution in [0.3, 0.4) is 0 Å². The minimum atomic E-state index is -0.350. The normalized spacial score (nSPS) is 11.3. The highest BCUT2D eigenvalue weighted by Gasteiger charge is 2.10. The highest BCUT2D eigenvalue weighted by atomic mass is 35.5. The first-order valence-electron chi connectivity index (χ1n) is 8.45. The molecule has 0 atom stereocenters. The molecule has 0 aliphatic carbocycles. The van der Waals surface area contributed by atoms with Crippen molar-refractivity contribution in [3.8, 4) is 0 Å². The summed E-state index contributed by atoms with van der Waals surface area (Å²) in [5.74, 6) is -0.411. The summed E-state index contributed by atoms with van der Waals surface area (Å²) in [7, 11) is 0. The smallest absolute Gasteiger partial charge is 0.249 e. The van der Waals surface area contributed by atoms with Crippen molar-refractivity contribution in [1.82, 2.24) is 19.6 Å². The Morgan fingerprint density at radius 2 is 2.22 bits per heavy atom. The molecule has 27 heavy (non-hydrogen) atoms. The summed E-state index contributed by atoms with van der Waals surface area (Å²) in [6, 6.07) is 6.23. The molecule has 1 N–H and O–H groups in total. The zero-order chi connectivity index (χ0) is 19.4. The maximum absolute atomic E-state index is 13.3. The van der Waals surface area contributed by atoms with Gasteiger partial charge < -0.3 is 5.32 Å². The van der Waals surface area contributed by atoms with Gasteiger partial charge in [0, 0.05) is 30.1 Å². The first-order valence-corrected chi connectivity index (χ1v) is 8.83. The number of hydrogen-bond acceptors (Lipinski definition) is 3. The van der Waals surface area contributed by atoms with E-state index in [9.17, 15) is 9.18 Å². The molecule has 1 amide bonds. The van der Waals surface area contributed by atoms with Crippen LogP contribution in [0.25, 0.3) is 6.08 Å². The second-order valence-corrected chi connectivity index (χ2v) is 6.38. The van der Waals surface area contributed by atoms with E-state index < -0.39 is 0 Å². The Morgan fingerprint density at radius 1 is 1.41 bits per heavy atom. The minimum Gasteiger partial charge on any atom is -0.304 e. The molecule has 8 heteroatoms. The summed E-state index contributed by atoms with van der Waals surface area (Å²) in [6.45, 7) is 5.06. The van der Waals surface area contributed by atoms with Crippen molar-refractivity contribution in [2.75, 3.05) is 5.32 Å². The van der Waals surface area contributed by atoms with Crippen LogP contribution >= 0.6 is 11.6 Å². The quantitative estimate of drug-likeness (QED) is 0.652. The van der Waals surface area contributed by atoms with Gasteiger partial charge in [-0.25, -0.2) is 4.39 Å². The first-order chi connectivity index (χ1) is 13.0. The molecule has 0 saturated carbocycles. The molecule has 2 heterocycles. The Bertz CT molecular complexity index is 992. The van der Waals surface area contributed by atoms with Crippen LogP contribution in [-0.4, -0.2) is 25.5 Å².